The Hall–Kier alpha value is -1.63. The molecule has 0 bridgehead atoms. The summed E-state index contributed by atoms with van der Waals surface area (Å²) in [5.41, 5.74) is 5.72. The maximum Gasteiger partial charge on any atom is 0.0742 e. The van der Waals surface area contributed by atoms with E-state index in [-0.39, 0.29) is 10.8 Å². The summed E-state index contributed by atoms with van der Waals surface area (Å²) >= 11 is 0. The third-order valence-electron chi connectivity index (χ3n) is 4.29. The molecule has 0 aliphatic heterocycles. The molecule has 0 unspecified atom stereocenters. The van der Waals surface area contributed by atoms with Crippen molar-refractivity contribution in [1.82, 2.24) is 4.98 Å². The minimum absolute atomic E-state index is 0.193. The molecule has 3 rings (SSSR count). The van der Waals surface area contributed by atoms with Crippen molar-refractivity contribution in [2.45, 2.75) is 44.9 Å². The van der Waals surface area contributed by atoms with Crippen LogP contribution in [0.4, 0.5) is 0 Å². The van der Waals surface area contributed by atoms with Gasteiger partial charge in [-0.05, 0) is 34.4 Å². The molecule has 0 amide bonds. The lowest BCUT2D eigenvalue weighted by molar-refractivity contribution is 0.403. The quantitative estimate of drug-likeness (QED) is 0.715. The van der Waals surface area contributed by atoms with Crippen LogP contribution < -0.4 is 0 Å². The summed E-state index contributed by atoms with van der Waals surface area (Å²) in [5, 5.41) is 0. The lowest BCUT2D eigenvalue weighted by atomic mass is 9.81. The molecule has 1 heterocycles. The molecule has 0 radical (unpaired) electrons. The van der Waals surface area contributed by atoms with Gasteiger partial charge in [-0.25, -0.2) is 0 Å². The van der Waals surface area contributed by atoms with Gasteiger partial charge < -0.3 is 0 Å². The van der Waals surface area contributed by atoms with Gasteiger partial charge in [0.1, 0.15) is 0 Å². The van der Waals surface area contributed by atoms with Gasteiger partial charge in [-0.2, -0.15) is 0 Å². The van der Waals surface area contributed by atoms with E-state index in [1.54, 1.807) is 0 Å². The zero-order valence-corrected chi connectivity index (χ0v) is 12.2. The molecule has 1 nitrogen and oxygen atoms in total. The first kappa shape index (κ1) is 12.4. The second-order valence-electron chi connectivity index (χ2n) is 6.89. The Bertz CT molecular complexity index is 609. The van der Waals surface area contributed by atoms with Crippen LogP contribution in [-0.2, 0) is 10.8 Å². The van der Waals surface area contributed by atoms with E-state index < -0.39 is 0 Å². The first-order valence-electron chi connectivity index (χ1n) is 6.97. The molecule has 0 spiro atoms. The maximum absolute atomic E-state index is 4.68. The number of hydrogen-bond donors (Lipinski definition) is 0. The monoisotopic (exact) mass is 251 g/mol. The van der Waals surface area contributed by atoms with Crippen LogP contribution in [0.1, 0.15) is 45.2 Å². The van der Waals surface area contributed by atoms with Crippen molar-refractivity contribution >= 4 is 0 Å². The Balaban J connectivity index is 2.29. The normalized spacial score (nSPS) is 19.2. The number of aromatic nitrogens is 1. The van der Waals surface area contributed by atoms with E-state index in [0.717, 1.165) is 5.69 Å². The molecule has 0 N–H and O–H groups in total. The predicted octanol–water partition coefficient (Wildman–Crippen LogP) is 4.71. The van der Waals surface area contributed by atoms with Crippen molar-refractivity contribution in [3.8, 4) is 11.3 Å². The predicted molar refractivity (Wildman–Crippen MR) is 80.3 cm³/mol. The van der Waals surface area contributed by atoms with Gasteiger partial charge in [0.25, 0.3) is 0 Å². The highest BCUT2D eigenvalue weighted by atomic mass is 14.7. The number of pyridine rings is 1. The van der Waals surface area contributed by atoms with Crippen LogP contribution in [0.2, 0.25) is 0 Å². The highest BCUT2D eigenvalue weighted by Crippen LogP contribution is 2.51. The van der Waals surface area contributed by atoms with Crippen molar-refractivity contribution in [2.24, 2.45) is 0 Å². The molecular weight excluding hydrogens is 230 g/mol. The van der Waals surface area contributed by atoms with Crippen molar-refractivity contribution < 1.29 is 0 Å². The standard InChI is InChI=1S/C18H21N/c1-17(2)12-18(3,4)15-14(17)10-11-19-16(15)13-8-6-5-7-9-13/h5-11H,12H2,1-4H3. The zero-order chi connectivity index (χ0) is 13.7. The molecule has 19 heavy (non-hydrogen) atoms. The second-order valence-corrected chi connectivity index (χ2v) is 6.89. The van der Waals surface area contributed by atoms with E-state index in [9.17, 15) is 0 Å². The van der Waals surface area contributed by atoms with E-state index in [4.69, 9.17) is 0 Å². The molecule has 0 saturated carbocycles. The highest BCUT2D eigenvalue weighted by Gasteiger charge is 2.43. The van der Waals surface area contributed by atoms with Crippen molar-refractivity contribution in [3.63, 3.8) is 0 Å². The molecular formula is C18H21N. The summed E-state index contributed by atoms with van der Waals surface area (Å²) in [5.74, 6) is 0. The first-order valence-corrected chi connectivity index (χ1v) is 6.97. The molecule has 1 heteroatoms. The Morgan fingerprint density at radius 1 is 0.895 bits per heavy atom. The van der Waals surface area contributed by atoms with E-state index in [1.165, 1.54) is 23.1 Å². The number of nitrogens with zero attached hydrogens (tertiary/aromatic N) is 1. The molecule has 0 fully saturated rings. The minimum atomic E-state index is 0.193. The van der Waals surface area contributed by atoms with Crippen LogP contribution in [0.3, 0.4) is 0 Å². The van der Waals surface area contributed by atoms with Crippen LogP contribution in [0.5, 0.6) is 0 Å². The van der Waals surface area contributed by atoms with E-state index in [0.29, 0.717) is 0 Å². The van der Waals surface area contributed by atoms with Gasteiger partial charge in [-0.3, -0.25) is 4.98 Å². The number of fused-ring (bicyclic) bond motifs is 1. The zero-order valence-electron chi connectivity index (χ0n) is 12.2. The molecule has 1 aromatic heterocycles. The van der Waals surface area contributed by atoms with Crippen LogP contribution >= 0.6 is 0 Å². The first-order chi connectivity index (χ1) is 8.92. The smallest absolute Gasteiger partial charge is 0.0742 e. The molecule has 0 saturated heterocycles. The summed E-state index contributed by atoms with van der Waals surface area (Å²) < 4.78 is 0. The molecule has 98 valence electrons. The van der Waals surface area contributed by atoms with Gasteiger partial charge in [0.15, 0.2) is 0 Å². The molecule has 1 aliphatic rings. The largest absolute Gasteiger partial charge is 0.256 e. The van der Waals surface area contributed by atoms with Crippen LogP contribution in [-0.4, -0.2) is 4.98 Å². The summed E-state index contributed by atoms with van der Waals surface area (Å²) in [7, 11) is 0. The van der Waals surface area contributed by atoms with Crippen LogP contribution in [0.25, 0.3) is 11.3 Å². The summed E-state index contributed by atoms with van der Waals surface area (Å²) in [6.07, 6.45) is 3.14. The SMILES string of the molecule is CC1(C)CC(C)(C)c2c1ccnc2-c1ccccc1. The Labute approximate surface area is 115 Å². The second kappa shape index (κ2) is 3.93. The van der Waals surface area contributed by atoms with Crippen molar-refractivity contribution in [3.05, 3.63) is 53.7 Å². The average molecular weight is 251 g/mol. The topological polar surface area (TPSA) is 12.9 Å². The number of rotatable bonds is 1. The molecule has 2 aromatic rings. The highest BCUT2D eigenvalue weighted by molar-refractivity contribution is 5.68. The maximum atomic E-state index is 4.68. The molecule has 1 aliphatic carbocycles. The molecule has 1 aromatic carbocycles. The molecule has 0 atom stereocenters. The van der Waals surface area contributed by atoms with Gasteiger partial charge in [-0.1, -0.05) is 58.0 Å². The Morgan fingerprint density at radius 2 is 1.58 bits per heavy atom. The van der Waals surface area contributed by atoms with Crippen LogP contribution in [0.15, 0.2) is 42.6 Å². The fourth-order valence-electron chi connectivity index (χ4n) is 3.81. The van der Waals surface area contributed by atoms with E-state index in [2.05, 4.69) is 69.1 Å². The van der Waals surface area contributed by atoms with Gasteiger partial charge in [0.05, 0.1) is 5.69 Å². The van der Waals surface area contributed by atoms with Crippen LogP contribution in [0, 0.1) is 0 Å². The van der Waals surface area contributed by atoms with Crippen molar-refractivity contribution in [2.75, 3.05) is 0 Å². The summed E-state index contributed by atoms with van der Waals surface area (Å²) in [6.45, 7) is 9.37. The average Bonchev–Trinajstić information content (AvgIpc) is 2.56. The summed E-state index contributed by atoms with van der Waals surface area (Å²) in [6, 6.07) is 12.7. The third kappa shape index (κ3) is 1.88. The van der Waals surface area contributed by atoms with Gasteiger partial charge in [0.2, 0.25) is 0 Å². The number of hydrogen-bond acceptors (Lipinski definition) is 1. The number of benzene rings is 1. The Kier molecular flexibility index (Phi) is 2.57. The van der Waals surface area contributed by atoms with E-state index >= 15 is 0 Å². The fourth-order valence-corrected chi connectivity index (χ4v) is 3.81. The lowest BCUT2D eigenvalue weighted by Crippen LogP contribution is -2.18. The third-order valence-corrected chi connectivity index (χ3v) is 4.29. The summed E-state index contributed by atoms with van der Waals surface area (Å²) in [4.78, 5) is 4.68. The van der Waals surface area contributed by atoms with Crippen molar-refractivity contribution in [1.29, 1.82) is 0 Å². The fraction of sp³-hybridized carbons (Fsp3) is 0.389. The minimum Gasteiger partial charge on any atom is -0.256 e. The Morgan fingerprint density at radius 3 is 2.26 bits per heavy atom. The van der Waals surface area contributed by atoms with Gasteiger partial charge in [0, 0.05) is 11.8 Å². The van der Waals surface area contributed by atoms with Gasteiger partial charge in [-0.15, -0.1) is 0 Å². The van der Waals surface area contributed by atoms with Gasteiger partial charge >= 0.3 is 0 Å². The van der Waals surface area contributed by atoms with E-state index in [1.807, 2.05) is 6.20 Å². The lowest BCUT2D eigenvalue weighted by Gasteiger charge is -2.23.